The van der Waals surface area contributed by atoms with Crippen molar-refractivity contribution in [2.45, 2.75) is 25.9 Å². The van der Waals surface area contributed by atoms with E-state index in [9.17, 15) is 5.11 Å². The third-order valence-electron chi connectivity index (χ3n) is 3.96. The van der Waals surface area contributed by atoms with Crippen LogP contribution in [0, 0.1) is 5.92 Å². The summed E-state index contributed by atoms with van der Waals surface area (Å²) >= 11 is 0. The zero-order valence-electron chi connectivity index (χ0n) is 12.2. The van der Waals surface area contributed by atoms with E-state index in [1.807, 2.05) is 19.2 Å². The fraction of sp³-hybridized carbons (Fsp3) is 0.667. The average Bonchev–Trinajstić information content (AvgIpc) is 2.83. The van der Waals surface area contributed by atoms with Crippen LogP contribution in [0.4, 0.5) is 5.69 Å². The van der Waals surface area contributed by atoms with E-state index < -0.39 is 6.10 Å². The number of anilines is 1. The molecule has 4 nitrogen and oxygen atoms in total. The number of pyridine rings is 1. The maximum atomic E-state index is 9.74. The molecule has 0 amide bonds. The van der Waals surface area contributed by atoms with Gasteiger partial charge in [-0.3, -0.25) is 4.98 Å². The van der Waals surface area contributed by atoms with Gasteiger partial charge in [0.15, 0.2) is 0 Å². The Morgan fingerprint density at radius 3 is 2.84 bits per heavy atom. The lowest BCUT2D eigenvalue weighted by Gasteiger charge is -2.23. The Labute approximate surface area is 116 Å². The molecule has 4 heteroatoms. The molecule has 2 heterocycles. The zero-order chi connectivity index (χ0) is 13.8. The summed E-state index contributed by atoms with van der Waals surface area (Å²) in [6.45, 7) is 5.42. The van der Waals surface area contributed by atoms with E-state index in [4.69, 9.17) is 0 Å². The van der Waals surface area contributed by atoms with Crippen molar-refractivity contribution < 1.29 is 5.11 Å². The van der Waals surface area contributed by atoms with E-state index in [1.165, 1.54) is 19.5 Å². The van der Waals surface area contributed by atoms with Crippen molar-refractivity contribution in [2.75, 3.05) is 38.6 Å². The Kier molecular flexibility index (Phi) is 4.77. The molecular weight excluding hydrogens is 238 g/mol. The molecule has 0 aromatic carbocycles. The molecule has 0 radical (unpaired) electrons. The van der Waals surface area contributed by atoms with Crippen LogP contribution in [0.15, 0.2) is 18.3 Å². The van der Waals surface area contributed by atoms with Crippen molar-refractivity contribution in [3.8, 4) is 0 Å². The number of likely N-dealkylation sites (tertiary alicyclic amines) is 1. The van der Waals surface area contributed by atoms with Gasteiger partial charge in [0.25, 0.3) is 0 Å². The van der Waals surface area contributed by atoms with Crippen molar-refractivity contribution >= 4 is 5.69 Å². The molecule has 2 atom stereocenters. The summed E-state index contributed by atoms with van der Waals surface area (Å²) in [5, 5.41) is 9.74. The highest BCUT2D eigenvalue weighted by molar-refractivity contribution is 5.43. The van der Waals surface area contributed by atoms with Crippen molar-refractivity contribution in [3.05, 3.63) is 24.0 Å². The van der Waals surface area contributed by atoms with Gasteiger partial charge in [-0.25, -0.2) is 0 Å². The van der Waals surface area contributed by atoms with Crippen molar-refractivity contribution in [3.63, 3.8) is 0 Å². The minimum atomic E-state index is -0.442. The second-order valence-corrected chi connectivity index (χ2v) is 5.66. The van der Waals surface area contributed by atoms with Gasteiger partial charge in [-0.1, -0.05) is 6.92 Å². The van der Waals surface area contributed by atoms with E-state index >= 15 is 0 Å². The van der Waals surface area contributed by atoms with Crippen LogP contribution >= 0.6 is 0 Å². The molecule has 106 valence electrons. The quantitative estimate of drug-likeness (QED) is 0.881. The third-order valence-corrected chi connectivity index (χ3v) is 3.96. The van der Waals surface area contributed by atoms with Gasteiger partial charge in [0.2, 0.25) is 0 Å². The lowest BCUT2D eigenvalue weighted by molar-refractivity contribution is 0.169. The molecule has 1 aliphatic heterocycles. The molecule has 0 saturated carbocycles. The fourth-order valence-corrected chi connectivity index (χ4v) is 2.70. The molecule has 0 spiro atoms. The van der Waals surface area contributed by atoms with Crippen LogP contribution in [-0.4, -0.2) is 48.7 Å². The molecule has 1 aliphatic rings. The number of aliphatic hydroxyl groups is 1. The minimum Gasteiger partial charge on any atom is -0.387 e. The van der Waals surface area contributed by atoms with Crippen LogP contribution in [-0.2, 0) is 0 Å². The van der Waals surface area contributed by atoms with Gasteiger partial charge in [-0.2, -0.15) is 0 Å². The molecular formula is C15H25N3O. The Bertz CT molecular complexity index is 393. The second-order valence-electron chi connectivity index (χ2n) is 5.66. The Morgan fingerprint density at radius 1 is 1.53 bits per heavy atom. The summed E-state index contributed by atoms with van der Waals surface area (Å²) in [5.74, 6) is 0.746. The standard InChI is InChI=1S/C15H25N3O/c1-4-15(19)14-6-5-13(9-16-14)18(3)11-12-7-8-17(2)10-12/h5-6,9,12,15,19H,4,7-8,10-11H2,1-3H3. The highest BCUT2D eigenvalue weighted by atomic mass is 16.3. The van der Waals surface area contributed by atoms with Crippen LogP contribution in [0.3, 0.4) is 0 Å². The summed E-state index contributed by atoms with van der Waals surface area (Å²) < 4.78 is 0. The Morgan fingerprint density at radius 2 is 2.32 bits per heavy atom. The predicted octanol–water partition coefficient (Wildman–Crippen LogP) is 1.91. The van der Waals surface area contributed by atoms with E-state index in [-0.39, 0.29) is 0 Å². The molecule has 1 fully saturated rings. The fourth-order valence-electron chi connectivity index (χ4n) is 2.70. The normalized spacial score (nSPS) is 21.6. The van der Waals surface area contributed by atoms with E-state index in [1.54, 1.807) is 0 Å². The van der Waals surface area contributed by atoms with Gasteiger partial charge in [0.1, 0.15) is 0 Å². The summed E-state index contributed by atoms with van der Waals surface area (Å²) in [7, 11) is 4.30. The maximum Gasteiger partial charge on any atom is 0.0957 e. The van der Waals surface area contributed by atoms with Crippen LogP contribution in [0.1, 0.15) is 31.6 Å². The van der Waals surface area contributed by atoms with Crippen molar-refractivity contribution in [1.29, 1.82) is 0 Å². The number of rotatable bonds is 5. The predicted molar refractivity (Wildman–Crippen MR) is 78.4 cm³/mol. The van der Waals surface area contributed by atoms with Gasteiger partial charge in [-0.05, 0) is 44.5 Å². The first-order valence-electron chi connectivity index (χ1n) is 7.13. The average molecular weight is 263 g/mol. The number of nitrogens with zero attached hydrogens (tertiary/aromatic N) is 3. The lowest BCUT2D eigenvalue weighted by atomic mass is 10.1. The molecule has 2 rings (SSSR count). The summed E-state index contributed by atoms with van der Waals surface area (Å²) in [5.41, 5.74) is 1.89. The molecule has 0 aliphatic carbocycles. The lowest BCUT2D eigenvalue weighted by Crippen LogP contribution is -2.27. The van der Waals surface area contributed by atoms with Gasteiger partial charge >= 0.3 is 0 Å². The van der Waals surface area contributed by atoms with E-state index in [0.717, 1.165) is 23.8 Å². The highest BCUT2D eigenvalue weighted by Crippen LogP contribution is 2.21. The van der Waals surface area contributed by atoms with Crippen LogP contribution in [0.5, 0.6) is 0 Å². The number of hydrogen-bond donors (Lipinski definition) is 1. The first-order chi connectivity index (χ1) is 9.10. The molecule has 2 unspecified atom stereocenters. The molecule has 0 bridgehead atoms. The second kappa shape index (κ2) is 6.35. The molecule has 1 N–H and O–H groups in total. The third kappa shape index (κ3) is 3.67. The SMILES string of the molecule is CCC(O)c1ccc(N(C)CC2CCN(C)C2)cn1. The van der Waals surface area contributed by atoms with E-state index in [2.05, 4.69) is 34.9 Å². The summed E-state index contributed by atoms with van der Waals surface area (Å²) in [6, 6.07) is 3.99. The summed E-state index contributed by atoms with van der Waals surface area (Å²) in [6.07, 6.45) is 3.41. The van der Waals surface area contributed by atoms with Gasteiger partial charge in [0, 0.05) is 20.1 Å². The smallest absolute Gasteiger partial charge is 0.0957 e. The zero-order valence-corrected chi connectivity index (χ0v) is 12.2. The largest absolute Gasteiger partial charge is 0.387 e. The monoisotopic (exact) mass is 263 g/mol. The minimum absolute atomic E-state index is 0.442. The number of aliphatic hydroxyl groups excluding tert-OH is 1. The molecule has 1 aromatic rings. The first kappa shape index (κ1) is 14.3. The molecule has 1 saturated heterocycles. The van der Waals surface area contributed by atoms with Crippen LogP contribution in [0.2, 0.25) is 0 Å². The van der Waals surface area contributed by atoms with Crippen LogP contribution in [0.25, 0.3) is 0 Å². The van der Waals surface area contributed by atoms with E-state index in [0.29, 0.717) is 6.42 Å². The molecule has 19 heavy (non-hydrogen) atoms. The maximum absolute atomic E-state index is 9.74. The van der Waals surface area contributed by atoms with Crippen LogP contribution < -0.4 is 4.90 Å². The Balaban J connectivity index is 1.93. The number of aromatic nitrogens is 1. The van der Waals surface area contributed by atoms with Crippen molar-refractivity contribution in [1.82, 2.24) is 9.88 Å². The summed E-state index contributed by atoms with van der Waals surface area (Å²) in [4.78, 5) is 9.01. The van der Waals surface area contributed by atoms with Gasteiger partial charge < -0.3 is 14.9 Å². The van der Waals surface area contributed by atoms with Gasteiger partial charge in [0.05, 0.1) is 23.7 Å². The Hall–Kier alpha value is -1.13. The first-order valence-corrected chi connectivity index (χ1v) is 7.13. The molecule has 1 aromatic heterocycles. The van der Waals surface area contributed by atoms with Gasteiger partial charge in [-0.15, -0.1) is 0 Å². The highest BCUT2D eigenvalue weighted by Gasteiger charge is 2.21. The number of hydrogen-bond acceptors (Lipinski definition) is 4. The topological polar surface area (TPSA) is 39.6 Å². The van der Waals surface area contributed by atoms with Crippen molar-refractivity contribution in [2.24, 2.45) is 5.92 Å².